The average molecular weight is 237 g/mol. The molecule has 0 bridgehead atoms. The molecule has 3 nitrogen and oxygen atoms in total. The highest BCUT2D eigenvalue weighted by Crippen LogP contribution is 2.70. The van der Waals surface area contributed by atoms with Crippen molar-refractivity contribution in [3.63, 3.8) is 0 Å². The van der Waals surface area contributed by atoms with Crippen molar-refractivity contribution in [2.24, 2.45) is 22.7 Å². The van der Waals surface area contributed by atoms with Crippen LogP contribution < -0.4 is 0 Å². The van der Waals surface area contributed by atoms with Gasteiger partial charge in [-0.15, -0.1) is 0 Å². The number of carbonyl (C=O) groups excluding carboxylic acids is 1. The number of hydrogen-bond acceptors (Lipinski definition) is 2. The standard InChI is InChI=1S/C14H23NO2/c1-12(2)9-8-7-17-14(5,6)15(8)11(16)10(9)13(12,3)4/h8-10H,7H2,1-6H3/t8-,9-,10-/m1/s1. The van der Waals surface area contributed by atoms with Crippen LogP contribution in [0.2, 0.25) is 0 Å². The van der Waals surface area contributed by atoms with Crippen LogP contribution in [0, 0.1) is 22.7 Å². The first-order valence-corrected chi connectivity index (χ1v) is 6.59. The third kappa shape index (κ3) is 1.01. The summed E-state index contributed by atoms with van der Waals surface area (Å²) in [6.07, 6.45) is 0. The summed E-state index contributed by atoms with van der Waals surface area (Å²) in [5, 5.41) is 0. The molecule has 0 unspecified atom stereocenters. The molecule has 96 valence electrons. The fourth-order valence-corrected chi connectivity index (χ4v) is 4.44. The van der Waals surface area contributed by atoms with E-state index in [4.69, 9.17) is 4.74 Å². The Bertz CT molecular complexity index is 397. The van der Waals surface area contributed by atoms with E-state index in [1.54, 1.807) is 0 Å². The van der Waals surface area contributed by atoms with E-state index in [0.29, 0.717) is 24.5 Å². The topological polar surface area (TPSA) is 29.5 Å². The van der Waals surface area contributed by atoms with E-state index < -0.39 is 5.72 Å². The number of nitrogens with zero attached hydrogens (tertiary/aromatic N) is 1. The van der Waals surface area contributed by atoms with Gasteiger partial charge in [0, 0.05) is 5.92 Å². The summed E-state index contributed by atoms with van der Waals surface area (Å²) >= 11 is 0. The second kappa shape index (κ2) is 2.71. The van der Waals surface area contributed by atoms with E-state index in [1.165, 1.54) is 0 Å². The number of ether oxygens (including phenoxy) is 1. The van der Waals surface area contributed by atoms with Crippen LogP contribution in [-0.4, -0.2) is 29.2 Å². The lowest BCUT2D eigenvalue weighted by Gasteiger charge is -2.62. The minimum Gasteiger partial charge on any atom is -0.354 e. The van der Waals surface area contributed by atoms with Crippen LogP contribution in [-0.2, 0) is 9.53 Å². The summed E-state index contributed by atoms with van der Waals surface area (Å²) in [5.74, 6) is 0.976. The quantitative estimate of drug-likeness (QED) is 0.647. The molecule has 3 atom stereocenters. The van der Waals surface area contributed by atoms with Gasteiger partial charge in [-0.25, -0.2) is 0 Å². The molecule has 3 fully saturated rings. The molecular weight excluding hydrogens is 214 g/mol. The minimum atomic E-state index is -0.411. The molecule has 0 aromatic heterocycles. The van der Waals surface area contributed by atoms with Gasteiger partial charge < -0.3 is 9.64 Å². The predicted octanol–water partition coefficient (Wildman–Crippen LogP) is 2.26. The first-order chi connectivity index (χ1) is 7.62. The van der Waals surface area contributed by atoms with E-state index in [1.807, 2.05) is 18.7 Å². The lowest BCUT2D eigenvalue weighted by Crippen LogP contribution is -2.62. The smallest absolute Gasteiger partial charge is 0.229 e. The van der Waals surface area contributed by atoms with Gasteiger partial charge in [0.05, 0.1) is 12.6 Å². The van der Waals surface area contributed by atoms with Crippen molar-refractivity contribution in [2.45, 2.75) is 53.3 Å². The summed E-state index contributed by atoms with van der Waals surface area (Å²) in [7, 11) is 0. The molecule has 3 aliphatic rings. The third-order valence-electron chi connectivity index (χ3n) is 6.07. The maximum Gasteiger partial charge on any atom is 0.229 e. The van der Waals surface area contributed by atoms with Crippen LogP contribution in [0.1, 0.15) is 41.5 Å². The van der Waals surface area contributed by atoms with Crippen molar-refractivity contribution in [1.82, 2.24) is 4.90 Å². The molecule has 0 radical (unpaired) electrons. The highest BCUT2D eigenvalue weighted by atomic mass is 16.5. The molecule has 0 aromatic rings. The zero-order valence-corrected chi connectivity index (χ0v) is 11.7. The maximum absolute atomic E-state index is 12.6. The molecule has 1 aliphatic carbocycles. The van der Waals surface area contributed by atoms with Gasteiger partial charge in [-0.05, 0) is 30.6 Å². The lowest BCUT2D eigenvalue weighted by atomic mass is 9.40. The molecule has 1 amide bonds. The van der Waals surface area contributed by atoms with Gasteiger partial charge in [-0.3, -0.25) is 4.79 Å². The van der Waals surface area contributed by atoms with E-state index >= 15 is 0 Å². The van der Waals surface area contributed by atoms with Gasteiger partial charge in [-0.2, -0.15) is 0 Å². The van der Waals surface area contributed by atoms with Gasteiger partial charge in [0.2, 0.25) is 5.91 Å². The fourth-order valence-electron chi connectivity index (χ4n) is 4.44. The molecule has 17 heavy (non-hydrogen) atoms. The molecule has 0 spiro atoms. The van der Waals surface area contributed by atoms with Crippen molar-refractivity contribution in [2.75, 3.05) is 6.61 Å². The molecule has 3 rings (SSSR count). The Morgan fingerprint density at radius 3 is 2.29 bits per heavy atom. The van der Waals surface area contributed by atoms with Crippen LogP contribution in [0.25, 0.3) is 0 Å². The number of fused-ring (bicyclic) bond motifs is 3. The maximum atomic E-state index is 12.6. The Hall–Kier alpha value is -0.570. The van der Waals surface area contributed by atoms with E-state index in [9.17, 15) is 4.79 Å². The Balaban J connectivity index is 2.04. The molecule has 1 saturated carbocycles. The van der Waals surface area contributed by atoms with Gasteiger partial charge >= 0.3 is 0 Å². The van der Waals surface area contributed by atoms with Crippen LogP contribution in [0.4, 0.5) is 0 Å². The van der Waals surface area contributed by atoms with Crippen molar-refractivity contribution < 1.29 is 9.53 Å². The highest BCUT2D eigenvalue weighted by molar-refractivity contribution is 5.86. The zero-order chi connectivity index (χ0) is 12.8. The van der Waals surface area contributed by atoms with E-state index in [0.717, 1.165) is 0 Å². The Morgan fingerprint density at radius 1 is 1.12 bits per heavy atom. The van der Waals surface area contributed by atoms with E-state index in [-0.39, 0.29) is 16.7 Å². The van der Waals surface area contributed by atoms with Gasteiger partial charge in [0.15, 0.2) is 0 Å². The lowest BCUT2D eigenvalue weighted by molar-refractivity contribution is -0.176. The van der Waals surface area contributed by atoms with Gasteiger partial charge in [0.25, 0.3) is 0 Å². The summed E-state index contributed by atoms with van der Waals surface area (Å²) < 4.78 is 5.80. The average Bonchev–Trinajstić information content (AvgIpc) is 2.63. The van der Waals surface area contributed by atoms with Crippen molar-refractivity contribution in [1.29, 1.82) is 0 Å². The Morgan fingerprint density at radius 2 is 1.71 bits per heavy atom. The monoisotopic (exact) mass is 237 g/mol. The molecule has 0 N–H and O–H groups in total. The summed E-state index contributed by atoms with van der Waals surface area (Å²) in [6.45, 7) is 13.8. The largest absolute Gasteiger partial charge is 0.354 e. The normalized spacial score (nSPS) is 44.2. The SMILES string of the molecule is CC1(C)OC[C@@H]2[C@@H]3[C@H](C(=O)N21)C(C)(C)C3(C)C. The van der Waals surface area contributed by atoms with Crippen molar-refractivity contribution in [3.05, 3.63) is 0 Å². The molecule has 0 aromatic carbocycles. The molecule has 2 saturated heterocycles. The first kappa shape index (κ1) is 11.5. The summed E-state index contributed by atoms with van der Waals surface area (Å²) in [4.78, 5) is 14.6. The Labute approximate surface area is 104 Å². The second-order valence-corrected chi connectivity index (χ2v) is 7.48. The van der Waals surface area contributed by atoms with Crippen LogP contribution in [0.15, 0.2) is 0 Å². The van der Waals surface area contributed by atoms with Crippen LogP contribution in [0.3, 0.4) is 0 Å². The van der Waals surface area contributed by atoms with Gasteiger partial charge in [-0.1, -0.05) is 27.7 Å². The summed E-state index contributed by atoms with van der Waals surface area (Å²) in [6, 6.07) is 0.297. The van der Waals surface area contributed by atoms with Gasteiger partial charge in [0.1, 0.15) is 5.72 Å². The number of hydrogen-bond donors (Lipinski definition) is 0. The highest BCUT2D eigenvalue weighted by Gasteiger charge is 2.74. The second-order valence-electron chi connectivity index (χ2n) is 7.48. The third-order valence-corrected chi connectivity index (χ3v) is 6.07. The molecule has 3 heteroatoms. The van der Waals surface area contributed by atoms with Crippen molar-refractivity contribution >= 4 is 5.91 Å². The zero-order valence-electron chi connectivity index (χ0n) is 11.7. The Kier molecular flexibility index (Phi) is 1.84. The molecule has 2 heterocycles. The first-order valence-electron chi connectivity index (χ1n) is 6.59. The fraction of sp³-hybridized carbons (Fsp3) is 0.929. The number of carbonyl (C=O) groups is 1. The summed E-state index contributed by atoms with van der Waals surface area (Å²) in [5.41, 5.74) is -0.0864. The van der Waals surface area contributed by atoms with E-state index in [2.05, 4.69) is 27.7 Å². The number of amides is 1. The van der Waals surface area contributed by atoms with Crippen molar-refractivity contribution in [3.8, 4) is 0 Å². The molecular formula is C14H23NO2. The molecule has 2 aliphatic heterocycles. The number of rotatable bonds is 0. The van der Waals surface area contributed by atoms with Crippen LogP contribution >= 0.6 is 0 Å². The van der Waals surface area contributed by atoms with Crippen LogP contribution in [0.5, 0.6) is 0 Å². The minimum absolute atomic E-state index is 0.106. The predicted molar refractivity (Wildman–Crippen MR) is 65.2 cm³/mol.